The van der Waals surface area contributed by atoms with E-state index in [4.69, 9.17) is 9.98 Å². The molecule has 1 aromatic heterocycles. The summed E-state index contributed by atoms with van der Waals surface area (Å²) in [5.41, 5.74) is 10.2. The predicted molar refractivity (Wildman–Crippen MR) is 237 cm³/mol. The summed E-state index contributed by atoms with van der Waals surface area (Å²) in [6.07, 6.45) is 21.5. The van der Waals surface area contributed by atoms with Crippen LogP contribution in [0.1, 0.15) is 43.9 Å². The van der Waals surface area contributed by atoms with Gasteiger partial charge in [0.2, 0.25) is 0 Å². The predicted octanol–water partition coefficient (Wildman–Crippen LogP) is 12.3. The summed E-state index contributed by atoms with van der Waals surface area (Å²) in [5.74, 6) is 3.08. The largest absolute Gasteiger partial charge is 0.328 e. The summed E-state index contributed by atoms with van der Waals surface area (Å²) < 4.78 is 2.48. The van der Waals surface area contributed by atoms with Crippen LogP contribution in [0.25, 0.3) is 49.4 Å². The first-order valence-electron chi connectivity index (χ1n) is 20.2. The zero-order chi connectivity index (χ0) is 37.8. The number of benzene rings is 5. The molecule has 6 aromatic rings. The normalized spacial score (nSPS) is 24.7. The van der Waals surface area contributed by atoms with Crippen molar-refractivity contribution in [2.45, 2.75) is 33.4 Å². The molecule has 0 spiro atoms. The average molecular weight is 727 g/mol. The van der Waals surface area contributed by atoms with E-state index < -0.39 is 0 Å². The highest BCUT2D eigenvalue weighted by Gasteiger charge is 2.33. The van der Waals surface area contributed by atoms with Gasteiger partial charge >= 0.3 is 0 Å². The molecule has 0 saturated heterocycles. The van der Waals surface area contributed by atoms with E-state index >= 15 is 0 Å². The molecule has 0 fully saturated rings. The summed E-state index contributed by atoms with van der Waals surface area (Å²) in [6.45, 7) is 6.99. The minimum absolute atomic E-state index is 0.0943. The second kappa shape index (κ2) is 14.1. The molecule has 6 atom stereocenters. The smallest absolute Gasteiger partial charge is 0.150 e. The third-order valence-corrected chi connectivity index (χ3v) is 12.3. The van der Waals surface area contributed by atoms with E-state index in [0.717, 1.165) is 23.7 Å². The van der Waals surface area contributed by atoms with E-state index in [0.29, 0.717) is 11.8 Å². The lowest BCUT2D eigenvalue weighted by Gasteiger charge is -2.33. The van der Waals surface area contributed by atoms with Gasteiger partial charge in [-0.25, -0.2) is 9.98 Å². The van der Waals surface area contributed by atoms with Crippen LogP contribution in [-0.2, 0) is 0 Å². The van der Waals surface area contributed by atoms with Gasteiger partial charge in [-0.2, -0.15) is 0 Å². The zero-order valence-corrected chi connectivity index (χ0v) is 32.2. The number of nitrogens with zero attached hydrogens (tertiary/aromatic N) is 3. The van der Waals surface area contributed by atoms with Gasteiger partial charge in [0.1, 0.15) is 11.7 Å². The molecule has 4 heteroatoms. The van der Waals surface area contributed by atoms with Crippen LogP contribution in [0.5, 0.6) is 0 Å². The molecule has 0 radical (unpaired) electrons. The number of aliphatic imine (C=N–C) groups is 2. The molecule has 2 heterocycles. The minimum Gasteiger partial charge on any atom is -0.328 e. The number of aromatic nitrogens is 1. The van der Waals surface area contributed by atoms with Gasteiger partial charge < -0.3 is 9.88 Å². The SMILES string of the molecule is CC1C=CC=CC1C1N=C(c2ccccc2)NC(C2C=CC(c3c(C4=CC=C(n5c6ccccc6c6ccccc65)C[C@H]4C)ccc4ccccc34)=C[C@H]2C)=N1. The Morgan fingerprint density at radius 2 is 1.34 bits per heavy atom. The summed E-state index contributed by atoms with van der Waals surface area (Å²) >= 11 is 0. The topological polar surface area (TPSA) is 41.7 Å². The minimum atomic E-state index is -0.187. The highest BCUT2D eigenvalue weighted by molar-refractivity contribution is 6.12. The van der Waals surface area contributed by atoms with Gasteiger partial charge in [0.25, 0.3) is 0 Å². The third kappa shape index (κ3) is 5.92. The lowest BCUT2D eigenvalue weighted by atomic mass is 9.78. The highest BCUT2D eigenvalue weighted by Crippen LogP contribution is 2.44. The number of hydrogen-bond donors (Lipinski definition) is 1. The molecule has 5 aromatic carbocycles. The van der Waals surface area contributed by atoms with Gasteiger partial charge in [-0.05, 0) is 75.4 Å². The second-order valence-corrected chi connectivity index (χ2v) is 15.9. The van der Waals surface area contributed by atoms with E-state index in [-0.39, 0.29) is 23.9 Å². The van der Waals surface area contributed by atoms with Crippen molar-refractivity contribution in [2.75, 3.05) is 0 Å². The van der Waals surface area contributed by atoms with Crippen LogP contribution in [0.3, 0.4) is 0 Å². The van der Waals surface area contributed by atoms with E-state index in [1.54, 1.807) is 0 Å². The first-order chi connectivity index (χ1) is 27.5. The molecule has 0 saturated carbocycles. The van der Waals surface area contributed by atoms with Gasteiger partial charge in [-0.3, -0.25) is 0 Å². The number of hydrogen-bond acceptors (Lipinski definition) is 3. The molecule has 4 unspecified atom stereocenters. The highest BCUT2D eigenvalue weighted by atomic mass is 15.2. The Bertz CT molecular complexity index is 2710. The van der Waals surface area contributed by atoms with Gasteiger partial charge in [0, 0.05) is 33.9 Å². The first-order valence-corrected chi connectivity index (χ1v) is 20.2. The summed E-state index contributed by atoms with van der Waals surface area (Å²) in [6, 6.07) is 41.6. The van der Waals surface area contributed by atoms with Crippen molar-refractivity contribution in [3.05, 3.63) is 187 Å². The van der Waals surface area contributed by atoms with Crippen LogP contribution in [0, 0.1) is 29.6 Å². The van der Waals surface area contributed by atoms with E-state index in [2.05, 4.69) is 201 Å². The van der Waals surface area contributed by atoms with Gasteiger partial charge in [-0.1, -0.05) is 173 Å². The number of para-hydroxylation sites is 2. The van der Waals surface area contributed by atoms with Crippen LogP contribution in [0.2, 0.25) is 0 Å². The summed E-state index contributed by atoms with van der Waals surface area (Å²) in [4.78, 5) is 10.6. The van der Waals surface area contributed by atoms with Crippen molar-refractivity contribution < 1.29 is 0 Å². The maximum Gasteiger partial charge on any atom is 0.150 e. The maximum absolute atomic E-state index is 5.36. The molecular formula is C52H46N4. The van der Waals surface area contributed by atoms with Crippen LogP contribution in [-0.4, -0.2) is 22.4 Å². The fourth-order valence-corrected chi connectivity index (χ4v) is 9.43. The number of fused-ring (bicyclic) bond motifs is 4. The summed E-state index contributed by atoms with van der Waals surface area (Å²) in [7, 11) is 0. The Hall–Kier alpha value is -6.26. The van der Waals surface area contributed by atoms with Gasteiger partial charge in [-0.15, -0.1) is 0 Å². The molecule has 10 rings (SSSR count). The van der Waals surface area contributed by atoms with Crippen molar-refractivity contribution in [1.82, 2.24) is 9.88 Å². The molecule has 1 N–H and O–H groups in total. The average Bonchev–Trinajstić information content (AvgIpc) is 3.58. The Kier molecular flexibility index (Phi) is 8.63. The fourth-order valence-electron chi connectivity index (χ4n) is 9.43. The van der Waals surface area contributed by atoms with Gasteiger partial charge in [0.05, 0.1) is 11.0 Å². The maximum atomic E-state index is 5.36. The molecule has 1 aliphatic heterocycles. The second-order valence-electron chi connectivity index (χ2n) is 15.9. The first kappa shape index (κ1) is 34.2. The van der Waals surface area contributed by atoms with E-state index in [1.807, 2.05) is 0 Å². The Morgan fingerprint density at radius 1 is 0.643 bits per heavy atom. The van der Waals surface area contributed by atoms with Crippen LogP contribution in [0.15, 0.2) is 180 Å². The van der Waals surface area contributed by atoms with Crippen molar-refractivity contribution in [1.29, 1.82) is 0 Å². The van der Waals surface area contributed by atoms with Crippen molar-refractivity contribution in [3.8, 4) is 0 Å². The molecule has 0 bridgehead atoms. The van der Waals surface area contributed by atoms with Crippen molar-refractivity contribution in [2.24, 2.45) is 39.6 Å². The molecular weight excluding hydrogens is 681 g/mol. The van der Waals surface area contributed by atoms with Crippen LogP contribution < -0.4 is 5.32 Å². The fraction of sp³-hybridized carbons (Fsp3) is 0.192. The Labute approximate surface area is 329 Å². The number of allylic oxidation sites excluding steroid dienone is 10. The van der Waals surface area contributed by atoms with Crippen molar-refractivity contribution >= 4 is 61.1 Å². The lowest BCUT2D eigenvalue weighted by molar-refractivity contribution is 0.418. The molecule has 274 valence electrons. The zero-order valence-electron chi connectivity index (χ0n) is 32.2. The van der Waals surface area contributed by atoms with Crippen molar-refractivity contribution in [3.63, 3.8) is 0 Å². The molecule has 4 nitrogen and oxygen atoms in total. The van der Waals surface area contributed by atoms with Crippen LogP contribution >= 0.6 is 0 Å². The number of rotatable bonds is 6. The molecule has 3 aliphatic carbocycles. The molecule has 56 heavy (non-hydrogen) atoms. The monoisotopic (exact) mass is 726 g/mol. The standard InChI is InChI=1S/C52H46N4/c1-33-15-7-9-19-41(33)51-53-50(37-17-5-4-6-18-37)54-52(55-51)42-28-26-38(31-34(42)2)49-43-20-10-8-16-36(43)25-29-46(49)40-30-27-39(32-35(40)3)56-47-23-13-11-21-44(47)45-22-12-14-24-48(45)56/h4-31,33-35,41-42,51H,32H2,1-3H3,(H,53,54,55)/t33?,34-,35-,41?,42?,51?/m1/s1. The van der Waals surface area contributed by atoms with Crippen LogP contribution in [0.4, 0.5) is 0 Å². The Balaban J connectivity index is 1.03. The number of amidine groups is 2. The number of nitrogens with one attached hydrogen (secondary N) is 1. The molecule has 4 aliphatic rings. The lowest BCUT2D eigenvalue weighted by Crippen LogP contribution is -2.44. The quantitative estimate of drug-likeness (QED) is 0.182. The molecule has 0 amide bonds. The van der Waals surface area contributed by atoms with E-state index in [9.17, 15) is 0 Å². The Morgan fingerprint density at radius 3 is 2.07 bits per heavy atom. The third-order valence-electron chi connectivity index (χ3n) is 12.3. The summed E-state index contributed by atoms with van der Waals surface area (Å²) in [5, 5.41) is 8.86. The van der Waals surface area contributed by atoms with Gasteiger partial charge in [0.15, 0.2) is 6.17 Å². The van der Waals surface area contributed by atoms with E-state index in [1.165, 1.54) is 60.5 Å².